The van der Waals surface area contributed by atoms with E-state index in [-0.39, 0.29) is 17.3 Å². The van der Waals surface area contributed by atoms with Gasteiger partial charge in [0.05, 0.1) is 15.7 Å². The molecule has 18 heavy (non-hydrogen) atoms. The van der Waals surface area contributed by atoms with Crippen LogP contribution in [0.4, 0.5) is 17.5 Å². The number of halogens is 2. The van der Waals surface area contributed by atoms with Crippen molar-refractivity contribution < 1.29 is 0 Å². The summed E-state index contributed by atoms with van der Waals surface area (Å²) in [5, 5.41) is 15.3. The second kappa shape index (κ2) is 4.83. The zero-order valence-corrected chi connectivity index (χ0v) is 10.9. The maximum atomic E-state index is 7.53. The molecule has 1 aromatic carbocycles. The lowest BCUT2D eigenvalue weighted by Crippen LogP contribution is -2.25. The number of hydrogen-bond donors (Lipinski definition) is 3. The molecule has 0 aliphatic heterocycles. The minimum Gasteiger partial charge on any atom is -0.380 e. The van der Waals surface area contributed by atoms with Gasteiger partial charge < -0.3 is 11.1 Å². The van der Waals surface area contributed by atoms with Crippen LogP contribution in [0.25, 0.3) is 0 Å². The lowest BCUT2D eigenvalue weighted by atomic mass is 10.3. The van der Waals surface area contributed by atoms with Gasteiger partial charge in [-0.15, -0.1) is 5.10 Å². The highest BCUT2D eigenvalue weighted by molar-refractivity contribution is 6.43. The highest BCUT2D eigenvalue weighted by atomic mass is 35.5. The van der Waals surface area contributed by atoms with Crippen LogP contribution in [0.2, 0.25) is 10.0 Å². The van der Waals surface area contributed by atoms with E-state index in [4.69, 9.17) is 34.3 Å². The van der Waals surface area contributed by atoms with Gasteiger partial charge >= 0.3 is 0 Å². The first kappa shape index (κ1) is 12.7. The number of benzene rings is 1. The Hall–Kier alpha value is -1.79. The van der Waals surface area contributed by atoms with Crippen LogP contribution < -0.4 is 16.5 Å². The SMILES string of the molecule is Cn1nc(Nc2cccc(Cl)c2Cl)nc(N)c1=N. The van der Waals surface area contributed by atoms with Gasteiger partial charge in [0.1, 0.15) is 0 Å². The first-order chi connectivity index (χ1) is 8.49. The minimum atomic E-state index is 0.0396. The molecule has 0 fully saturated rings. The molecule has 0 aliphatic carbocycles. The highest BCUT2D eigenvalue weighted by Crippen LogP contribution is 2.30. The van der Waals surface area contributed by atoms with E-state index in [2.05, 4.69) is 15.4 Å². The van der Waals surface area contributed by atoms with Gasteiger partial charge in [0.25, 0.3) is 0 Å². The summed E-state index contributed by atoms with van der Waals surface area (Å²) in [5.41, 5.74) is 6.19. The maximum absolute atomic E-state index is 7.53. The zero-order valence-electron chi connectivity index (χ0n) is 9.41. The average molecular weight is 285 g/mol. The fraction of sp³-hybridized carbons (Fsp3) is 0.100. The molecular formula is C10H10Cl2N6. The van der Waals surface area contributed by atoms with Crippen molar-refractivity contribution in [3.8, 4) is 0 Å². The molecule has 2 rings (SSSR count). The Balaban J connectivity index is 2.40. The maximum Gasteiger partial charge on any atom is 0.247 e. The molecule has 0 aliphatic rings. The van der Waals surface area contributed by atoms with Crippen molar-refractivity contribution in [2.24, 2.45) is 7.05 Å². The first-order valence-corrected chi connectivity index (χ1v) is 5.71. The molecule has 2 aromatic rings. The molecule has 0 bridgehead atoms. The van der Waals surface area contributed by atoms with Crippen LogP contribution in [0.1, 0.15) is 0 Å². The number of nitrogens with one attached hydrogen (secondary N) is 2. The van der Waals surface area contributed by atoms with Crippen molar-refractivity contribution in [2.75, 3.05) is 11.1 Å². The van der Waals surface area contributed by atoms with Gasteiger partial charge in [-0.3, -0.25) is 5.41 Å². The van der Waals surface area contributed by atoms with Gasteiger partial charge in [0, 0.05) is 7.05 Å². The molecule has 0 atom stereocenters. The highest BCUT2D eigenvalue weighted by Gasteiger charge is 2.07. The Morgan fingerprint density at radius 3 is 2.78 bits per heavy atom. The van der Waals surface area contributed by atoms with E-state index >= 15 is 0 Å². The summed E-state index contributed by atoms with van der Waals surface area (Å²) in [5.74, 6) is 0.323. The Labute approximate surface area is 113 Å². The number of nitrogens with two attached hydrogens (primary N) is 1. The molecule has 0 spiro atoms. The third kappa shape index (κ3) is 2.39. The molecule has 4 N–H and O–H groups in total. The Morgan fingerprint density at radius 1 is 1.39 bits per heavy atom. The van der Waals surface area contributed by atoms with E-state index in [9.17, 15) is 0 Å². The summed E-state index contributed by atoms with van der Waals surface area (Å²) in [6, 6.07) is 5.17. The van der Waals surface area contributed by atoms with Gasteiger partial charge in [-0.05, 0) is 12.1 Å². The third-order valence-corrected chi connectivity index (χ3v) is 3.05. The second-order valence-electron chi connectivity index (χ2n) is 3.52. The van der Waals surface area contributed by atoms with E-state index < -0.39 is 0 Å². The number of hydrogen-bond acceptors (Lipinski definition) is 5. The molecule has 0 unspecified atom stereocenters. The topological polar surface area (TPSA) is 92.6 Å². The minimum absolute atomic E-state index is 0.0396. The second-order valence-corrected chi connectivity index (χ2v) is 4.30. The number of aryl methyl sites for hydroxylation is 1. The first-order valence-electron chi connectivity index (χ1n) is 4.95. The zero-order chi connectivity index (χ0) is 13.3. The third-order valence-electron chi connectivity index (χ3n) is 2.24. The average Bonchev–Trinajstić information content (AvgIpc) is 2.32. The molecule has 1 aromatic heterocycles. The van der Waals surface area contributed by atoms with Crippen molar-refractivity contribution in [2.45, 2.75) is 0 Å². The largest absolute Gasteiger partial charge is 0.380 e. The van der Waals surface area contributed by atoms with Crippen LogP contribution in [-0.4, -0.2) is 14.8 Å². The van der Waals surface area contributed by atoms with Crippen LogP contribution in [0.5, 0.6) is 0 Å². The summed E-state index contributed by atoms with van der Waals surface area (Å²) in [6.45, 7) is 0. The van der Waals surface area contributed by atoms with Crippen molar-refractivity contribution in [1.29, 1.82) is 5.41 Å². The summed E-state index contributed by atoms with van der Waals surface area (Å²) < 4.78 is 1.31. The summed E-state index contributed by atoms with van der Waals surface area (Å²) >= 11 is 11.9. The Kier molecular flexibility index (Phi) is 3.40. The quantitative estimate of drug-likeness (QED) is 0.786. The molecular weight excluding hydrogens is 275 g/mol. The van der Waals surface area contributed by atoms with Gasteiger partial charge in [0.2, 0.25) is 5.95 Å². The lowest BCUT2D eigenvalue weighted by Gasteiger charge is -2.09. The molecule has 0 radical (unpaired) electrons. The molecule has 8 heteroatoms. The smallest absolute Gasteiger partial charge is 0.247 e. The fourth-order valence-electron chi connectivity index (χ4n) is 1.32. The van der Waals surface area contributed by atoms with Crippen LogP contribution in [-0.2, 0) is 7.05 Å². The van der Waals surface area contributed by atoms with E-state index in [1.807, 2.05) is 0 Å². The number of nitrogens with zero attached hydrogens (tertiary/aromatic N) is 3. The Bertz CT molecular complexity index is 625. The molecule has 0 saturated carbocycles. The van der Waals surface area contributed by atoms with Crippen molar-refractivity contribution in [3.63, 3.8) is 0 Å². The number of anilines is 3. The normalized spacial score (nSPS) is 10.4. The van der Waals surface area contributed by atoms with E-state index in [1.54, 1.807) is 25.2 Å². The summed E-state index contributed by atoms with van der Waals surface area (Å²) in [4.78, 5) is 3.95. The fourth-order valence-corrected chi connectivity index (χ4v) is 1.67. The van der Waals surface area contributed by atoms with Gasteiger partial charge in [-0.2, -0.15) is 4.98 Å². The van der Waals surface area contributed by atoms with Crippen molar-refractivity contribution >= 4 is 40.7 Å². The van der Waals surface area contributed by atoms with E-state index in [0.29, 0.717) is 15.7 Å². The number of rotatable bonds is 2. The monoisotopic (exact) mass is 284 g/mol. The van der Waals surface area contributed by atoms with E-state index in [0.717, 1.165) is 0 Å². The van der Waals surface area contributed by atoms with Crippen LogP contribution in [0, 0.1) is 5.41 Å². The number of nitrogen functional groups attached to an aromatic ring is 1. The van der Waals surface area contributed by atoms with Gasteiger partial charge in [0.15, 0.2) is 11.3 Å². The lowest BCUT2D eigenvalue weighted by molar-refractivity contribution is 0.675. The van der Waals surface area contributed by atoms with Gasteiger partial charge in [-0.25, -0.2) is 4.68 Å². The molecule has 1 heterocycles. The van der Waals surface area contributed by atoms with Crippen molar-refractivity contribution in [1.82, 2.24) is 14.8 Å². The predicted octanol–water partition coefficient (Wildman–Crippen LogP) is 1.93. The van der Waals surface area contributed by atoms with Crippen LogP contribution >= 0.6 is 23.2 Å². The van der Waals surface area contributed by atoms with Crippen molar-refractivity contribution in [3.05, 3.63) is 33.7 Å². The van der Waals surface area contributed by atoms with Crippen LogP contribution in [0.3, 0.4) is 0 Å². The Morgan fingerprint density at radius 2 is 2.11 bits per heavy atom. The molecule has 0 saturated heterocycles. The van der Waals surface area contributed by atoms with E-state index in [1.165, 1.54) is 4.68 Å². The number of aromatic nitrogens is 3. The molecule has 0 amide bonds. The predicted molar refractivity (Wildman–Crippen MR) is 71.0 cm³/mol. The molecule has 6 nitrogen and oxygen atoms in total. The van der Waals surface area contributed by atoms with Gasteiger partial charge in [-0.1, -0.05) is 29.3 Å². The standard InChI is InChI=1S/C10H10Cl2N6/c1-18-9(14)8(13)16-10(17-18)15-6-4-2-3-5(11)7(6)12/h2-4,14H,1H3,(H3,13,15,16,17). The van der Waals surface area contributed by atoms with Crippen LogP contribution in [0.15, 0.2) is 18.2 Å². The molecule has 94 valence electrons. The summed E-state index contributed by atoms with van der Waals surface area (Å²) in [7, 11) is 1.60. The summed E-state index contributed by atoms with van der Waals surface area (Å²) in [6.07, 6.45) is 0.